The molecule has 0 aromatic carbocycles. The summed E-state index contributed by atoms with van der Waals surface area (Å²) in [7, 11) is 0. The van der Waals surface area contributed by atoms with Crippen LogP contribution in [-0.2, 0) is 28.8 Å². The molecule has 0 radical (unpaired) electrons. The molecule has 6 nitrogen and oxygen atoms in total. The average molecular weight is 1030 g/mol. The molecule has 340 valence electrons. The van der Waals surface area contributed by atoms with Gasteiger partial charge in [0, 0.05) is 58.0 Å². The number of halogens is 21. The first-order valence-corrected chi connectivity index (χ1v) is 14.8. The van der Waals surface area contributed by atoms with Crippen molar-refractivity contribution in [1.82, 2.24) is 0 Å². The van der Waals surface area contributed by atoms with Crippen LogP contribution in [-0.4, -0.2) is 88.8 Å². The van der Waals surface area contributed by atoms with Crippen molar-refractivity contribution in [2.24, 2.45) is 16.2 Å². The Morgan fingerprint density at radius 2 is 0.397 bits per heavy atom. The Bertz CT molecular complexity index is 1310. The molecule has 0 atom stereocenters. The van der Waals surface area contributed by atoms with Crippen LogP contribution < -0.4 is 0 Å². The van der Waals surface area contributed by atoms with E-state index in [0.717, 1.165) is 0 Å². The maximum atomic E-state index is 12.9. The Hall–Kier alpha value is -2.07. The number of rotatable bonds is 12. The summed E-state index contributed by atoms with van der Waals surface area (Å²) < 4.78 is 258. The minimum Gasteiger partial charge on any atom is -0.299 e. The van der Waals surface area contributed by atoms with E-state index in [1.165, 1.54) is 62.3 Å². The average Bonchev–Trinajstić information content (AvgIpc) is 2.93. The minimum absolute atomic E-state index is 0. The Balaban J connectivity index is -0.000000374. The number of Topliss-reactive ketones (excluding diaryl/α,β-unsaturated/α-hetero) is 6. The molecular weight excluding hydrogens is 995 g/mol. The molecule has 0 aliphatic rings. The normalized spacial score (nSPS) is 14.2. The van der Waals surface area contributed by atoms with Crippen LogP contribution in [0.1, 0.15) is 81.6 Å². The molecular formula is C30H33CeF21O6. The standard InChI is InChI=1S/3C10H11F7O2.Ce/c3*1-7(2,3)5(18)4-6(19)8(11,12)9(13,14)10(15,16)17;/h3*4H2,1-3H3;. The number of carbonyl (C=O) groups is 6. The zero-order valence-corrected chi connectivity index (χ0v) is 34.1. The second-order valence-electron chi connectivity index (χ2n) is 14.8. The van der Waals surface area contributed by atoms with Crippen LogP contribution >= 0.6 is 0 Å². The molecule has 0 fully saturated rings. The van der Waals surface area contributed by atoms with E-state index in [0.29, 0.717) is 0 Å². The van der Waals surface area contributed by atoms with Crippen LogP contribution in [0.3, 0.4) is 0 Å². The molecule has 0 bridgehead atoms. The summed E-state index contributed by atoms with van der Waals surface area (Å²) in [6, 6.07) is 0. The van der Waals surface area contributed by atoms with Gasteiger partial charge in [-0.15, -0.1) is 0 Å². The summed E-state index contributed by atoms with van der Waals surface area (Å²) in [5, 5.41) is 0. The van der Waals surface area contributed by atoms with E-state index in [1.807, 2.05) is 0 Å². The zero-order chi connectivity index (χ0) is 47.6. The predicted molar refractivity (Wildman–Crippen MR) is 150 cm³/mol. The number of alkyl halides is 21. The maximum absolute atomic E-state index is 12.9. The smallest absolute Gasteiger partial charge is 0.299 e. The van der Waals surface area contributed by atoms with Gasteiger partial charge in [0.2, 0.25) is 17.3 Å². The topological polar surface area (TPSA) is 102 Å². The Morgan fingerprint density at radius 3 is 0.483 bits per heavy atom. The molecule has 0 aromatic rings. The molecule has 0 N–H and O–H groups in total. The first-order valence-electron chi connectivity index (χ1n) is 14.8. The molecule has 0 aliphatic heterocycles. The van der Waals surface area contributed by atoms with Crippen molar-refractivity contribution >= 4 is 34.7 Å². The van der Waals surface area contributed by atoms with Gasteiger partial charge in [-0.1, -0.05) is 62.3 Å². The van der Waals surface area contributed by atoms with Gasteiger partial charge in [-0.25, -0.2) is 0 Å². The van der Waals surface area contributed by atoms with Crippen LogP contribution in [0.5, 0.6) is 0 Å². The fourth-order valence-electron chi connectivity index (χ4n) is 2.63. The van der Waals surface area contributed by atoms with Gasteiger partial charge < -0.3 is 0 Å². The van der Waals surface area contributed by atoms with E-state index in [-0.39, 0.29) is 41.7 Å². The van der Waals surface area contributed by atoms with Crippen molar-refractivity contribution in [2.75, 3.05) is 0 Å². The molecule has 28 heteroatoms. The number of carbonyl (C=O) groups excluding carboxylic acids is 6. The first kappa shape index (κ1) is 62.6. The third-order valence-electron chi connectivity index (χ3n) is 6.77. The van der Waals surface area contributed by atoms with Gasteiger partial charge in [0.15, 0.2) is 0 Å². The molecule has 58 heavy (non-hydrogen) atoms. The zero-order valence-electron chi connectivity index (χ0n) is 31.0. The van der Waals surface area contributed by atoms with Gasteiger partial charge in [0.1, 0.15) is 17.3 Å². The van der Waals surface area contributed by atoms with Crippen LogP contribution in [0.2, 0.25) is 0 Å². The van der Waals surface area contributed by atoms with Gasteiger partial charge in [0.25, 0.3) is 0 Å². The van der Waals surface area contributed by atoms with E-state index in [9.17, 15) is 121 Å². The van der Waals surface area contributed by atoms with Crippen LogP contribution in [0.25, 0.3) is 0 Å². The third-order valence-corrected chi connectivity index (χ3v) is 6.77. The first-order chi connectivity index (χ1) is 24.1. The Morgan fingerprint density at radius 1 is 0.276 bits per heavy atom. The van der Waals surface area contributed by atoms with Crippen molar-refractivity contribution in [3.63, 3.8) is 0 Å². The summed E-state index contributed by atoms with van der Waals surface area (Å²) >= 11 is 0. The van der Waals surface area contributed by atoms with Crippen LogP contribution in [0, 0.1) is 58.0 Å². The second-order valence-corrected chi connectivity index (χ2v) is 14.8. The van der Waals surface area contributed by atoms with Gasteiger partial charge in [-0.3, -0.25) is 28.8 Å². The molecule has 0 saturated carbocycles. The molecule has 0 aliphatic carbocycles. The summed E-state index contributed by atoms with van der Waals surface area (Å²) in [5.41, 5.74) is -3.92. The fourth-order valence-corrected chi connectivity index (χ4v) is 2.63. The molecule has 0 unspecified atom stereocenters. The van der Waals surface area contributed by atoms with Crippen molar-refractivity contribution < 1.29 is 163 Å². The largest absolute Gasteiger partial charge is 0.460 e. The Labute approximate surface area is 348 Å². The van der Waals surface area contributed by atoms with E-state index >= 15 is 0 Å². The summed E-state index contributed by atoms with van der Waals surface area (Å²) in [4.78, 5) is 66.2. The number of hydrogen-bond acceptors (Lipinski definition) is 6. The number of ketones is 6. The summed E-state index contributed by atoms with van der Waals surface area (Å²) in [6.07, 6.45) is -24.8. The molecule has 0 spiro atoms. The second kappa shape index (κ2) is 19.3. The summed E-state index contributed by atoms with van der Waals surface area (Å²) in [6.45, 7) is 10.9. The molecule has 0 aromatic heterocycles. The Kier molecular flexibility index (Phi) is 20.8. The van der Waals surface area contributed by atoms with Gasteiger partial charge in [-0.05, 0) is 0 Å². The predicted octanol–water partition coefficient (Wildman–Crippen LogP) is 10.2. The van der Waals surface area contributed by atoms with Gasteiger partial charge in [-0.2, -0.15) is 92.2 Å². The van der Waals surface area contributed by atoms with E-state index < -0.39 is 124 Å². The quantitative estimate of drug-likeness (QED) is 0.143. The molecule has 0 heterocycles. The van der Waals surface area contributed by atoms with Crippen molar-refractivity contribution in [1.29, 1.82) is 0 Å². The molecule has 0 amide bonds. The van der Waals surface area contributed by atoms with Crippen molar-refractivity contribution in [3.8, 4) is 0 Å². The van der Waals surface area contributed by atoms with Gasteiger partial charge in [0.05, 0.1) is 19.3 Å². The van der Waals surface area contributed by atoms with Crippen molar-refractivity contribution in [3.05, 3.63) is 0 Å². The van der Waals surface area contributed by atoms with E-state index in [1.54, 1.807) is 0 Å². The fraction of sp³-hybridized carbons (Fsp3) is 0.800. The monoisotopic (exact) mass is 1030 g/mol. The van der Waals surface area contributed by atoms with E-state index in [4.69, 9.17) is 0 Å². The van der Waals surface area contributed by atoms with Crippen molar-refractivity contribution in [2.45, 2.75) is 136 Å². The third kappa shape index (κ3) is 15.1. The summed E-state index contributed by atoms with van der Waals surface area (Å²) in [5.74, 6) is -49.2. The van der Waals surface area contributed by atoms with Gasteiger partial charge >= 0.3 is 54.1 Å². The maximum Gasteiger partial charge on any atom is 0.460 e. The number of hydrogen-bond donors (Lipinski definition) is 0. The molecule has 0 saturated heterocycles. The minimum atomic E-state index is -6.59. The van der Waals surface area contributed by atoms with Crippen LogP contribution in [0.15, 0.2) is 0 Å². The SMILES string of the molecule is CC(C)(C)C(=O)CC(=O)C(F)(F)C(F)(F)C(F)(F)F.CC(C)(C)C(=O)CC(=O)C(F)(F)C(F)(F)C(F)(F)F.CC(C)(C)C(=O)CC(=O)C(F)(F)C(F)(F)C(F)(F)F.[Ce]. The molecule has 0 rings (SSSR count). The van der Waals surface area contributed by atoms with E-state index in [2.05, 4.69) is 0 Å². The van der Waals surface area contributed by atoms with Crippen LogP contribution in [0.4, 0.5) is 92.2 Å².